The highest BCUT2D eigenvalue weighted by molar-refractivity contribution is 5.80. The molecule has 0 saturated carbocycles. The molecule has 1 aliphatic heterocycles. The van der Waals surface area contributed by atoms with Gasteiger partial charge in [-0.1, -0.05) is 13.8 Å². The Morgan fingerprint density at radius 1 is 1.30 bits per heavy atom. The van der Waals surface area contributed by atoms with Crippen LogP contribution in [0.15, 0.2) is 0 Å². The number of carbonyl (C=O) groups is 3. The Labute approximate surface area is 117 Å². The zero-order valence-electron chi connectivity index (χ0n) is 11.8. The molecule has 4 amide bonds. The topological polar surface area (TPSA) is 125 Å². The number of carboxylic acids is 1. The molecule has 8 nitrogen and oxygen atoms in total. The number of likely N-dealkylation sites (tertiary alicyclic amines) is 1. The molecule has 1 fully saturated rings. The van der Waals surface area contributed by atoms with Crippen molar-refractivity contribution in [2.24, 2.45) is 17.1 Å². The van der Waals surface area contributed by atoms with Crippen molar-refractivity contribution in [1.29, 1.82) is 0 Å². The van der Waals surface area contributed by atoms with Crippen LogP contribution in [0.1, 0.15) is 20.3 Å². The van der Waals surface area contributed by atoms with E-state index in [0.717, 1.165) is 0 Å². The largest absolute Gasteiger partial charge is 0.481 e. The van der Waals surface area contributed by atoms with Crippen molar-refractivity contribution in [1.82, 2.24) is 15.5 Å². The SMILES string of the molecule is CC(C)C1(C(=O)O)CCN(C(=O)NCCNC(N)=O)C1. The first-order valence-electron chi connectivity index (χ1n) is 6.59. The molecule has 8 heteroatoms. The fourth-order valence-corrected chi connectivity index (χ4v) is 2.37. The second-order valence-corrected chi connectivity index (χ2v) is 5.31. The Balaban J connectivity index is 2.48. The molecule has 5 N–H and O–H groups in total. The highest BCUT2D eigenvalue weighted by atomic mass is 16.4. The fourth-order valence-electron chi connectivity index (χ4n) is 2.37. The number of aliphatic carboxylic acids is 1. The van der Waals surface area contributed by atoms with Crippen molar-refractivity contribution in [2.75, 3.05) is 26.2 Å². The maximum Gasteiger partial charge on any atom is 0.317 e. The Hall–Kier alpha value is -1.99. The van der Waals surface area contributed by atoms with Gasteiger partial charge in [-0.25, -0.2) is 9.59 Å². The van der Waals surface area contributed by atoms with Crippen LogP contribution in [0.25, 0.3) is 0 Å². The number of hydrogen-bond acceptors (Lipinski definition) is 3. The number of primary amides is 1. The summed E-state index contributed by atoms with van der Waals surface area (Å²) in [4.78, 5) is 35.3. The van der Waals surface area contributed by atoms with Gasteiger partial charge in [-0.15, -0.1) is 0 Å². The Bertz CT molecular complexity index is 399. The van der Waals surface area contributed by atoms with Crippen LogP contribution in [0.5, 0.6) is 0 Å². The molecular formula is C12H22N4O4. The molecular weight excluding hydrogens is 264 g/mol. The molecule has 0 radical (unpaired) electrons. The summed E-state index contributed by atoms with van der Waals surface area (Å²) < 4.78 is 0. The average molecular weight is 286 g/mol. The second kappa shape index (κ2) is 6.44. The van der Waals surface area contributed by atoms with E-state index in [-0.39, 0.29) is 31.6 Å². The van der Waals surface area contributed by atoms with Gasteiger partial charge in [0.1, 0.15) is 0 Å². The highest BCUT2D eigenvalue weighted by Gasteiger charge is 2.48. The summed E-state index contributed by atoms with van der Waals surface area (Å²) in [5.74, 6) is -0.910. The number of nitrogens with one attached hydrogen (secondary N) is 2. The Morgan fingerprint density at radius 3 is 2.35 bits per heavy atom. The molecule has 0 aliphatic carbocycles. The smallest absolute Gasteiger partial charge is 0.317 e. The average Bonchev–Trinajstić information content (AvgIpc) is 2.80. The van der Waals surface area contributed by atoms with Crippen LogP contribution in [0.4, 0.5) is 9.59 Å². The minimum absolute atomic E-state index is 0.0469. The third kappa shape index (κ3) is 3.52. The van der Waals surface area contributed by atoms with Crippen LogP contribution in [0.3, 0.4) is 0 Å². The first kappa shape index (κ1) is 16.1. The number of nitrogens with two attached hydrogens (primary N) is 1. The van der Waals surface area contributed by atoms with E-state index in [0.29, 0.717) is 13.0 Å². The molecule has 1 rings (SSSR count). The van der Waals surface area contributed by atoms with Gasteiger partial charge in [0, 0.05) is 26.2 Å². The van der Waals surface area contributed by atoms with Gasteiger partial charge in [-0.05, 0) is 12.3 Å². The van der Waals surface area contributed by atoms with Crippen LogP contribution in [0, 0.1) is 11.3 Å². The van der Waals surface area contributed by atoms with Crippen molar-refractivity contribution in [3.05, 3.63) is 0 Å². The van der Waals surface area contributed by atoms with Gasteiger partial charge in [-0.2, -0.15) is 0 Å². The zero-order valence-corrected chi connectivity index (χ0v) is 11.8. The number of amides is 4. The number of carboxylic acid groups (broad SMARTS) is 1. The lowest BCUT2D eigenvalue weighted by atomic mass is 9.76. The van der Waals surface area contributed by atoms with Crippen LogP contribution in [0.2, 0.25) is 0 Å². The predicted octanol–water partition coefficient (Wildman–Crippen LogP) is -0.203. The van der Waals surface area contributed by atoms with E-state index < -0.39 is 17.4 Å². The molecule has 1 heterocycles. The molecule has 1 aliphatic rings. The predicted molar refractivity (Wildman–Crippen MR) is 72.1 cm³/mol. The monoisotopic (exact) mass is 286 g/mol. The third-order valence-electron chi connectivity index (χ3n) is 3.82. The van der Waals surface area contributed by atoms with E-state index >= 15 is 0 Å². The molecule has 114 valence electrons. The maximum absolute atomic E-state index is 11.9. The van der Waals surface area contributed by atoms with E-state index in [1.807, 2.05) is 13.8 Å². The van der Waals surface area contributed by atoms with Gasteiger partial charge in [0.2, 0.25) is 0 Å². The third-order valence-corrected chi connectivity index (χ3v) is 3.82. The summed E-state index contributed by atoms with van der Waals surface area (Å²) >= 11 is 0. The Kier molecular flexibility index (Phi) is 5.18. The van der Waals surface area contributed by atoms with Crippen molar-refractivity contribution >= 4 is 18.0 Å². The van der Waals surface area contributed by atoms with Crippen LogP contribution in [-0.4, -0.2) is 54.2 Å². The summed E-state index contributed by atoms with van der Waals surface area (Å²) in [6.45, 7) is 4.82. The van der Waals surface area contributed by atoms with Crippen molar-refractivity contribution in [3.63, 3.8) is 0 Å². The summed E-state index contributed by atoms with van der Waals surface area (Å²) in [6.07, 6.45) is 0.451. The van der Waals surface area contributed by atoms with Crippen molar-refractivity contribution in [3.8, 4) is 0 Å². The van der Waals surface area contributed by atoms with E-state index in [2.05, 4.69) is 10.6 Å². The van der Waals surface area contributed by atoms with Crippen LogP contribution in [-0.2, 0) is 4.79 Å². The fraction of sp³-hybridized carbons (Fsp3) is 0.750. The lowest BCUT2D eigenvalue weighted by Crippen LogP contribution is -2.45. The van der Waals surface area contributed by atoms with Gasteiger partial charge >= 0.3 is 18.0 Å². The molecule has 20 heavy (non-hydrogen) atoms. The molecule has 1 saturated heterocycles. The summed E-state index contributed by atoms with van der Waals surface area (Å²) in [5, 5.41) is 14.4. The summed E-state index contributed by atoms with van der Waals surface area (Å²) in [6, 6.07) is -0.967. The van der Waals surface area contributed by atoms with Gasteiger partial charge in [0.25, 0.3) is 0 Å². The zero-order chi connectivity index (χ0) is 15.3. The lowest BCUT2D eigenvalue weighted by molar-refractivity contribution is -0.150. The van der Waals surface area contributed by atoms with Crippen molar-refractivity contribution < 1.29 is 19.5 Å². The quantitative estimate of drug-likeness (QED) is 0.522. The first-order chi connectivity index (χ1) is 9.29. The summed E-state index contributed by atoms with van der Waals surface area (Å²) in [5.41, 5.74) is 4.02. The molecule has 0 spiro atoms. The van der Waals surface area contributed by atoms with Crippen LogP contribution >= 0.6 is 0 Å². The Morgan fingerprint density at radius 2 is 1.90 bits per heavy atom. The second-order valence-electron chi connectivity index (χ2n) is 5.31. The summed E-state index contributed by atoms with van der Waals surface area (Å²) in [7, 11) is 0. The highest BCUT2D eigenvalue weighted by Crippen LogP contribution is 2.38. The van der Waals surface area contributed by atoms with E-state index in [9.17, 15) is 19.5 Å². The standard InChI is InChI=1S/C12H22N4O4/c1-8(2)12(9(17)18)3-6-16(7-12)11(20)15-5-4-14-10(13)19/h8H,3-7H2,1-2H3,(H,15,20)(H,17,18)(H3,13,14,19). The number of rotatable bonds is 5. The van der Waals surface area contributed by atoms with Crippen molar-refractivity contribution in [2.45, 2.75) is 20.3 Å². The minimum Gasteiger partial charge on any atom is -0.481 e. The van der Waals surface area contributed by atoms with Gasteiger partial charge in [0.15, 0.2) is 0 Å². The number of urea groups is 2. The van der Waals surface area contributed by atoms with E-state index in [1.165, 1.54) is 4.90 Å². The normalized spacial score (nSPS) is 21.9. The minimum atomic E-state index is -0.872. The van der Waals surface area contributed by atoms with Crippen LogP contribution < -0.4 is 16.4 Å². The number of hydrogen-bond donors (Lipinski definition) is 4. The van der Waals surface area contributed by atoms with Gasteiger partial charge in [0.05, 0.1) is 5.41 Å². The van der Waals surface area contributed by atoms with Gasteiger partial charge < -0.3 is 26.4 Å². The van der Waals surface area contributed by atoms with E-state index in [1.54, 1.807) is 0 Å². The first-order valence-corrected chi connectivity index (χ1v) is 6.59. The molecule has 1 atom stereocenters. The molecule has 0 aromatic carbocycles. The number of nitrogens with zero attached hydrogens (tertiary/aromatic N) is 1. The van der Waals surface area contributed by atoms with E-state index in [4.69, 9.17) is 5.73 Å². The molecule has 1 unspecified atom stereocenters. The molecule has 0 bridgehead atoms. The number of carbonyl (C=O) groups excluding carboxylic acids is 2. The van der Waals surface area contributed by atoms with Gasteiger partial charge in [-0.3, -0.25) is 4.79 Å². The molecule has 0 aromatic heterocycles. The maximum atomic E-state index is 11.9. The lowest BCUT2D eigenvalue weighted by Gasteiger charge is -2.28. The molecule has 0 aromatic rings.